The summed E-state index contributed by atoms with van der Waals surface area (Å²) in [7, 11) is 2.63. The lowest BCUT2D eigenvalue weighted by molar-refractivity contribution is -0.158. The van der Waals surface area contributed by atoms with Crippen LogP contribution in [0.15, 0.2) is 18.2 Å². The summed E-state index contributed by atoms with van der Waals surface area (Å²) in [6.07, 6.45) is 0. The van der Waals surface area contributed by atoms with Crippen LogP contribution in [0, 0.1) is 5.92 Å². The molecule has 0 aromatic heterocycles. The largest absolute Gasteiger partial charge is 0.359 e. The van der Waals surface area contributed by atoms with Crippen molar-refractivity contribution < 1.29 is 18.4 Å². The van der Waals surface area contributed by atoms with Crippen LogP contribution < -0.4 is 5.32 Å². The average Bonchev–Trinajstić information content (AvgIpc) is 2.47. The summed E-state index contributed by atoms with van der Waals surface area (Å²) < 4.78 is 28.7. The van der Waals surface area contributed by atoms with Crippen molar-refractivity contribution in [3.8, 4) is 0 Å². The summed E-state index contributed by atoms with van der Waals surface area (Å²) in [6.45, 7) is 1.39. The molecule has 1 aromatic rings. The number of likely N-dealkylation sites (N-methyl/N-ethyl adjacent to an activating group) is 1. The van der Waals surface area contributed by atoms with Crippen molar-refractivity contribution in [1.82, 2.24) is 10.2 Å². The zero-order valence-corrected chi connectivity index (χ0v) is 13.8. The molecule has 1 aromatic carbocycles. The zero-order chi connectivity index (χ0) is 17.1. The number of carbonyl (C=O) groups is 2. The van der Waals surface area contributed by atoms with Crippen LogP contribution in [0.2, 0.25) is 10.0 Å². The molecule has 8 heteroatoms. The monoisotopic (exact) mass is 352 g/mol. The maximum absolute atomic E-state index is 14.3. The number of hydrogen-bond acceptors (Lipinski definition) is 2. The van der Waals surface area contributed by atoms with E-state index in [4.69, 9.17) is 23.2 Å². The summed E-state index contributed by atoms with van der Waals surface area (Å²) >= 11 is 11.4. The number of nitrogens with one attached hydrogen (secondary N) is 1. The number of amides is 2. The van der Waals surface area contributed by atoms with Crippen LogP contribution in [0.5, 0.6) is 0 Å². The minimum atomic E-state index is -3.83. The van der Waals surface area contributed by atoms with Gasteiger partial charge in [-0.1, -0.05) is 30.1 Å². The zero-order valence-electron chi connectivity index (χ0n) is 12.3. The van der Waals surface area contributed by atoms with Gasteiger partial charge in [-0.3, -0.25) is 9.59 Å². The normalized spacial score (nSPS) is 12.7. The van der Waals surface area contributed by atoms with E-state index in [-0.39, 0.29) is 22.5 Å². The van der Waals surface area contributed by atoms with Gasteiger partial charge in [0.1, 0.15) is 0 Å². The lowest BCUT2D eigenvalue weighted by Crippen LogP contribution is -2.44. The average molecular weight is 353 g/mol. The van der Waals surface area contributed by atoms with E-state index in [1.807, 2.05) is 0 Å². The first-order valence-corrected chi connectivity index (χ1v) is 7.17. The highest BCUT2D eigenvalue weighted by molar-refractivity contribution is 6.33. The van der Waals surface area contributed by atoms with Gasteiger partial charge < -0.3 is 10.2 Å². The smallest absolute Gasteiger partial charge is 0.351 e. The Bertz CT molecular complexity index is 582. The minimum Gasteiger partial charge on any atom is -0.359 e. The first kappa shape index (κ1) is 18.6. The topological polar surface area (TPSA) is 49.4 Å². The van der Waals surface area contributed by atoms with Crippen molar-refractivity contribution >= 4 is 35.0 Å². The van der Waals surface area contributed by atoms with Gasteiger partial charge in [0.05, 0.1) is 16.5 Å². The van der Waals surface area contributed by atoms with E-state index >= 15 is 0 Å². The van der Waals surface area contributed by atoms with E-state index in [1.165, 1.54) is 33.2 Å². The predicted octanol–water partition coefficient (Wildman–Crippen LogP) is 2.93. The highest BCUT2D eigenvalue weighted by Gasteiger charge is 2.45. The molecular formula is C14H16Cl2F2N2O2. The highest BCUT2D eigenvalue weighted by Crippen LogP contribution is 2.36. The van der Waals surface area contributed by atoms with Gasteiger partial charge >= 0.3 is 5.92 Å². The molecule has 1 rings (SSSR count). The van der Waals surface area contributed by atoms with Crippen molar-refractivity contribution in [3.05, 3.63) is 33.8 Å². The lowest BCUT2D eigenvalue weighted by atomic mass is 10.1. The Labute approximate surface area is 137 Å². The predicted molar refractivity (Wildman–Crippen MR) is 81.2 cm³/mol. The fourth-order valence-electron chi connectivity index (χ4n) is 1.92. The first-order valence-electron chi connectivity index (χ1n) is 6.41. The Morgan fingerprint density at radius 1 is 1.36 bits per heavy atom. The van der Waals surface area contributed by atoms with E-state index in [0.29, 0.717) is 0 Å². The van der Waals surface area contributed by atoms with Gasteiger partial charge in [0.15, 0.2) is 0 Å². The quantitative estimate of drug-likeness (QED) is 0.885. The van der Waals surface area contributed by atoms with Gasteiger partial charge in [0.2, 0.25) is 5.91 Å². The van der Waals surface area contributed by atoms with Crippen LogP contribution >= 0.6 is 23.2 Å². The molecule has 0 aliphatic heterocycles. The van der Waals surface area contributed by atoms with Gasteiger partial charge in [-0.15, -0.1) is 0 Å². The van der Waals surface area contributed by atoms with E-state index in [1.54, 1.807) is 0 Å². The van der Waals surface area contributed by atoms with E-state index in [0.717, 1.165) is 11.0 Å². The molecule has 0 bridgehead atoms. The molecule has 0 saturated heterocycles. The number of rotatable bonds is 5. The standard InChI is InChI=1S/C14H16Cl2F2N2O2/c1-8(12(21)19-2)7-20(3)13(22)14(17,18)10-6-9(15)4-5-11(10)16/h4-6,8H,7H2,1-3H3,(H,19,21). The maximum atomic E-state index is 14.3. The Morgan fingerprint density at radius 3 is 2.50 bits per heavy atom. The second-order valence-electron chi connectivity index (χ2n) is 4.90. The van der Waals surface area contributed by atoms with Crippen molar-refractivity contribution in [2.24, 2.45) is 5.92 Å². The molecule has 2 amide bonds. The number of carbonyl (C=O) groups excluding carboxylic acids is 2. The van der Waals surface area contributed by atoms with E-state index in [9.17, 15) is 18.4 Å². The van der Waals surface area contributed by atoms with Crippen LogP contribution in [-0.4, -0.2) is 37.4 Å². The second kappa shape index (κ2) is 7.24. The molecule has 0 saturated carbocycles. The molecule has 1 unspecified atom stereocenters. The molecule has 122 valence electrons. The van der Waals surface area contributed by atoms with Crippen LogP contribution in [0.1, 0.15) is 12.5 Å². The van der Waals surface area contributed by atoms with Crippen LogP contribution in [0.25, 0.3) is 0 Å². The second-order valence-corrected chi connectivity index (χ2v) is 5.74. The summed E-state index contributed by atoms with van der Waals surface area (Å²) in [5.41, 5.74) is -0.661. The molecule has 1 N–H and O–H groups in total. The van der Waals surface area contributed by atoms with Crippen molar-refractivity contribution in [2.75, 3.05) is 20.6 Å². The number of nitrogens with zero attached hydrogens (tertiary/aromatic N) is 1. The number of hydrogen-bond donors (Lipinski definition) is 1. The van der Waals surface area contributed by atoms with Gasteiger partial charge in [-0.05, 0) is 18.2 Å². The molecule has 0 radical (unpaired) electrons. The third-order valence-electron chi connectivity index (χ3n) is 3.12. The molecule has 0 aliphatic rings. The molecule has 1 atom stereocenters. The summed E-state index contributed by atoms with van der Waals surface area (Å²) in [6, 6.07) is 3.51. The van der Waals surface area contributed by atoms with Crippen molar-refractivity contribution in [3.63, 3.8) is 0 Å². The number of halogens is 4. The molecule has 0 heterocycles. The van der Waals surface area contributed by atoms with Crippen LogP contribution in [0.4, 0.5) is 8.78 Å². The summed E-state index contributed by atoms with van der Waals surface area (Å²) in [5, 5.41) is 2.19. The van der Waals surface area contributed by atoms with Gasteiger partial charge in [0, 0.05) is 25.7 Å². The third kappa shape index (κ3) is 4.08. The summed E-state index contributed by atoms with van der Waals surface area (Å²) in [4.78, 5) is 24.2. The Hall–Kier alpha value is -1.40. The van der Waals surface area contributed by atoms with E-state index < -0.39 is 23.3 Å². The van der Waals surface area contributed by atoms with Crippen molar-refractivity contribution in [2.45, 2.75) is 12.8 Å². The van der Waals surface area contributed by atoms with Crippen molar-refractivity contribution in [1.29, 1.82) is 0 Å². The lowest BCUT2D eigenvalue weighted by Gasteiger charge is -2.26. The minimum absolute atomic E-state index is 0.0493. The van der Waals surface area contributed by atoms with E-state index in [2.05, 4.69) is 5.32 Å². The Balaban J connectivity index is 2.99. The molecule has 0 spiro atoms. The third-order valence-corrected chi connectivity index (χ3v) is 3.69. The van der Waals surface area contributed by atoms with Gasteiger partial charge in [-0.25, -0.2) is 0 Å². The Kier molecular flexibility index (Phi) is 6.14. The maximum Gasteiger partial charge on any atom is 0.351 e. The van der Waals surface area contributed by atoms with Gasteiger partial charge in [-0.2, -0.15) is 8.78 Å². The number of alkyl halides is 2. The number of benzene rings is 1. The molecule has 4 nitrogen and oxygen atoms in total. The molecule has 22 heavy (non-hydrogen) atoms. The van der Waals surface area contributed by atoms with Gasteiger partial charge in [0.25, 0.3) is 5.91 Å². The van der Waals surface area contributed by atoms with Crippen LogP contribution in [0.3, 0.4) is 0 Å². The fourth-order valence-corrected chi connectivity index (χ4v) is 2.32. The highest BCUT2D eigenvalue weighted by atomic mass is 35.5. The SMILES string of the molecule is CNC(=O)C(C)CN(C)C(=O)C(F)(F)c1cc(Cl)ccc1Cl. The Morgan fingerprint density at radius 2 is 1.95 bits per heavy atom. The molecule has 0 aliphatic carbocycles. The molecule has 0 fully saturated rings. The summed E-state index contributed by atoms with van der Waals surface area (Å²) in [5.74, 6) is -6.25. The molecular weight excluding hydrogens is 337 g/mol. The first-order chi connectivity index (χ1) is 10.1. The van der Waals surface area contributed by atoms with Crippen LogP contribution in [-0.2, 0) is 15.5 Å². The fraction of sp³-hybridized carbons (Fsp3) is 0.429.